The molecule has 1 amide bonds. The molecule has 29 heavy (non-hydrogen) atoms. The van der Waals surface area contributed by atoms with Crippen LogP contribution in [0.2, 0.25) is 0 Å². The minimum absolute atomic E-state index is 0.113. The molecule has 1 aromatic heterocycles. The summed E-state index contributed by atoms with van der Waals surface area (Å²) in [6, 6.07) is 16.4. The molecule has 0 aliphatic rings. The summed E-state index contributed by atoms with van der Waals surface area (Å²) < 4.78 is 11.2. The van der Waals surface area contributed by atoms with Crippen molar-refractivity contribution in [3.8, 4) is 28.6 Å². The van der Waals surface area contributed by atoms with Crippen LogP contribution >= 0.6 is 0 Å². The number of para-hydroxylation sites is 2. The number of rotatable bonds is 7. The van der Waals surface area contributed by atoms with Crippen molar-refractivity contribution in [3.05, 3.63) is 66.5 Å². The van der Waals surface area contributed by atoms with E-state index in [1.54, 1.807) is 25.3 Å². The first-order valence-corrected chi connectivity index (χ1v) is 9.48. The van der Waals surface area contributed by atoms with Gasteiger partial charge in [0, 0.05) is 22.7 Å². The molecule has 1 heterocycles. The largest absolute Gasteiger partial charge is 0.493 e. The number of hydrogen-bond acceptors (Lipinski definition) is 5. The van der Waals surface area contributed by atoms with Crippen LogP contribution in [-0.2, 0) is 0 Å². The van der Waals surface area contributed by atoms with E-state index in [0.29, 0.717) is 28.6 Å². The van der Waals surface area contributed by atoms with Crippen LogP contribution in [0.3, 0.4) is 0 Å². The molecule has 150 valence electrons. The first-order valence-electron chi connectivity index (χ1n) is 9.48. The summed E-state index contributed by atoms with van der Waals surface area (Å²) in [5.41, 5.74) is 1.78. The number of hydrogen-bond donors (Lipinski definition) is 1. The lowest BCUT2D eigenvalue weighted by molar-refractivity contribution is 0.0911. The predicted octanol–water partition coefficient (Wildman–Crippen LogP) is 4.86. The Kier molecular flexibility index (Phi) is 6.12. The van der Waals surface area contributed by atoms with Crippen molar-refractivity contribution in [2.75, 3.05) is 7.11 Å². The molecule has 0 fully saturated rings. The molecule has 3 aromatic rings. The maximum absolute atomic E-state index is 12.6. The van der Waals surface area contributed by atoms with Gasteiger partial charge in [-0.25, -0.2) is 9.97 Å². The number of ether oxygens (including phenoxy) is 2. The van der Waals surface area contributed by atoms with E-state index in [0.717, 1.165) is 12.0 Å². The topological polar surface area (TPSA) is 73.3 Å². The van der Waals surface area contributed by atoms with Gasteiger partial charge in [0.05, 0.1) is 12.8 Å². The number of benzene rings is 2. The lowest BCUT2D eigenvalue weighted by Gasteiger charge is -2.24. The number of amides is 1. The highest BCUT2D eigenvalue weighted by atomic mass is 16.5. The van der Waals surface area contributed by atoms with Crippen LogP contribution < -0.4 is 14.8 Å². The van der Waals surface area contributed by atoms with E-state index in [1.165, 1.54) is 6.33 Å². The fraction of sp³-hybridized carbons (Fsp3) is 0.261. The molecular weight excluding hydrogens is 366 g/mol. The van der Waals surface area contributed by atoms with Crippen LogP contribution in [0.4, 0.5) is 0 Å². The molecule has 1 N–H and O–H groups in total. The van der Waals surface area contributed by atoms with Gasteiger partial charge in [-0.05, 0) is 44.5 Å². The van der Waals surface area contributed by atoms with E-state index in [-0.39, 0.29) is 11.4 Å². The fourth-order valence-corrected chi connectivity index (χ4v) is 2.66. The van der Waals surface area contributed by atoms with E-state index in [4.69, 9.17) is 9.47 Å². The Labute approximate surface area is 170 Å². The van der Waals surface area contributed by atoms with Crippen LogP contribution in [0.5, 0.6) is 17.4 Å². The first kappa shape index (κ1) is 20.3. The summed E-state index contributed by atoms with van der Waals surface area (Å²) in [6.07, 6.45) is 2.28. The number of methoxy groups -OCH3 is 1. The highest BCUT2D eigenvalue weighted by Crippen LogP contribution is 2.31. The van der Waals surface area contributed by atoms with Gasteiger partial charge in [-0.2, -0.15) is 0 Å². The van der Waals surface area contributed by atoms with Crippen molar-refractivity contribution >= 4 is 5.91 Å². The number of aromatic nitrogens is 2. The van der Waals surface area contributed by atoms with Gasteiger partial charge in [0.25, 0.3) is 5.91 Å². The summed E-state index contributed by atoms with van der Waals surface area (Å²) in [5.74, 6) is 1.46. The molecule has 0 spiro atoms. The maximum Gasteiger partial charge on any atom is 0.251 e. The van der Waals surface area contributed by atoms with Crippen molar-refractivity contribution in [1.29, 1.82) is 0 Å². The zero-order valence-electron chi connectivity index (χ0n) is 17.1. The third kappa shape index (κ3) is 5.10. The molecule has 0 radical (unpaired) electrons. The van der Waals surface area contributed by atoms with Crippen molar-refractivity contribution < 1.29 is 14.3 Å². The molecule has 0 unspecified atom stereocenters. The summed E-state index contributed by atoms with van der Waals surface area (Å²) >= 11 is 0. The lowest BCUT2D eigenvalue weighted by Crippen LogP contribution is -2.42. The molecule has 0 saturated heterocycles. The van der Waals surface area contributed by atoms with E-state index in [2.05, 4.69) is 15.3 Å². The quantitative estimate of drug-likeness (QED) is 0.622. The van der Waals surface area contributed by atoms with Crippen LogP contribution in [0.1, 0.15) is 37.6 Å². The number of carbonyl (C=O) groups is 1. The molecule has 3 rings (SSSR count). The van der Waals surface area contributed by atoms with E-state index >= 15 is 0 Å². The number of nitrogens with one attached hydrogen (secondary N) is 1. The average Bonchev–Trinajstić information content (AvgIpc) is 2.74. The molecule has 0 aliphatic heterocycles. The van der Waals surface area contributed by atoms with Gasteiger partial charge in [-0.3, -0.25) is 4.79 Å². The zero-order chi connectivity index (χ0) is 20.9. The minimum atomic E-state index is -0.266. The Morgan fingerprint density at radius 1 is 1.03 bits per heavy atom. The van der Waals surface area contributed by atoms with Gasteiger partial charge in [0.15, 0.2) is 11.5 Å². The summed E-state index contributed by atoms with van der Waals surface area (Å²) in [7, 11) is 1.59. The third-order valence-electron chi connectivity index (χ3n) is 4.68. The van der Waals surface area contributed by atoms with Crippen LogP contribution in [-0.4, -0.2) is 28.5 Å². The normalized spacial score (nSPS) is 11.0. The second-order valence-electron chi connectivity index (χ2n) is 7.27. The zero-order valence-corrected chi connectivity index (χ0v) is 17.1. The van der Waals surface area contributed by atoms with Gasteiger partial charge in [0.1, 0.15) is 6.33 Å². The highest BCUT2D eigenvalue weighted by Gasteiger charge is 2.19. The molecule has 6 nitrogen and oxygen atoms in total. The Morgan fingerprint density at radius 3 is 2.52 bits per heavy atom. The van der Waals surface area contributed by atoms with E-state index in [9.17, 15) is 4.79 Å². The van der Waals surface area contributed by atoms with Crippen molar-refractivity contribution in [2.45, 2.75) is 32.7 Å². The van der Waals surface area contributed by atoms with Crippen molar-refractivity contribution in [3.63, 3.8) is 0 Å². The average molecular weight is 391 g/mol. The molecule has 6 heteroatoms. The van der Waals surface area contributed by atoms with E-state index < -0.39 is 0 Å². The standard InChI is InChI=1S/C23H25N3O3/c1-5-23(2,3)26-22(27)17-10-8-9-16(13-17)18-14-21(25-15-24-18)29-20-12-7-6-11-19(20)28-4/h6-15H,5H2,1-4H3,(H,26,27). The Hall–Kier alpha value is -3.41. The number of nitrogens with zero attached hydrogens (tertiary/aromatic N) is 2. The van der Waals surface area contributed by atoms with Gasteiger partial charge in [0.2, 0.25) is 5.88 Å². The van der Waals surface area contributed by atoms with Gasteiger partial charge in [-0.15, -0.1) is 0 Å². The van der Waals surface area contributed by atoms with E-state index in [1.807, 2.05) is 57.2 Å². The number of carbonyl (C=O) groups excluding carboxylic acids is 1. The second-order valence-corrected chi connectivity index (χ2v) is 7.27. The Balaban J connectivity index is 1.85. The smallest absolute Gasteiger partial charge is 0.251 e. The molecule has 0 atom stereocenters. The van der Waals surface area contributed by atoms with Gasteiger partial charge in [-0.1, -0.05) is 31.2 Å². The third-order valence-corrected chi connectivity index (χ3v) is 4.68. The van der Waals surface area contributed by atoms with Gasteiger partial charge < -0.3 is 14.8 Å². The Morgan fingerprint density at radius 2 is 1.79 bits per heavy atom. The van der Waals surface area contributed by atoms with Gasteiger partial charge >= 0.3 is 0 Å². The monoisotopic (exact) mass is 391 g/mol. The Bertz CT molecular complexity index is 1000. The fourth-order valence-electron chi connectivity index (χ4n) is 2.66. The summed E-state index contributed by atoms with van der Waals surface area (Å²) in [4.78, 5) is 21.1. The lowest BCUT2D eigenvalue weighted by atomic mass is 10.0. The molecular formula is C23H25N3O3. The minimum Gasteiger partial charge on any atom is -0.493 e. The summed E-state index contributed by atoms with van der Waals surface area (Å²) in [5, 5.41) is 3.05. The SMILES string of the molecule is CCC(C)(C)NC(=O)c1cccc(-c2cc(Oc3ccccc3OC)ncn2)c1. The van der Waals surface area contributed by atoms with Crippen LogP contribution in [0.25, 0.3) is 11.3 Å². The van der Waals surface area contributed by atoms with Crippen molar-refractivity contribution in [2.24, 2.45) is 0 Å². The summed E-state index contributed by atoms with van der Waals surface area (Å²) in [6.45, 7) is 6.04. The van der Waals surface area contributed by atoms with Crippen LogP contribution in [0.15, 0.2) is 60.9 Å². The highest BCUT2D eigenvalue weighted by molar-refractivity contribution is 5.95. The second kappa shape index (κ2) is 8.73. The maximum atomic E-state index is 12.6. The van der Waals surface area contributed by atoms with Crippen molar-refractivity contribution in [1.82, 2.24) is 15.3 Å². The molecule has 0 aliphatic carbocycles. The predicted molar refractivity (Wildman–Crippen MR) is 112 cm³/mol. The molecule has 2 aromatic carbocycles. The molecule has 0 bridgehead atoms. The first-order chi connectivity index (χ1) is 13.9. The molecule has 0 saturated carbocycles. The van der Waals surface area contributed by atoms with Crippen LogP contribution in [0, 0.1) is 0 Å².